The van der Waals surface area contributed by atoms with Crippen LogP contribution in [0.25, 0.3) is 11.0 Å². The molecule has 12 heteroatoms. The fraction of sp³-hybridized carbons (Fsp3) is 0.208. The average molecular weight is 528 g/mol. The number of aryl methyl sites for hydroxylation is 1. The van der Waals surface area contributed by atoms with Crippen molar-refractivity contribution in [1.29, 1.82) is 0 Å². The number of nitrogens with one attached hydrogen (secondary N) is 2. The lowest BCUT2D eigenvalue weighted by atomic mass is 10.0. The third kappa shape index (κ3) is 4.54. The first-order valence-corrected chi connectivity index (χ1v) is 12.2. The summed E-state index contributed by atoms with van der Waals surface area (Å²) in [4.78, 5) is 42.1. The van der Waals surface area contributed by atoms with Crippen molar-refractivity contribution in [2.75, 3.05) is 11.9 Å². The Morgan fingerprint density at radius 1 is 1.25 bits per heavy atom. The van der Waals surface area contributed by atoms with Gasteiger partial charge in [-0.2, -0.15) is 5.10 Å². The van der Waals surface area contributed by atoms with E-state index in [9.17, 15) is 18.8 Å². The van der Waals surface area contributed by atoms with E-state index in [-0.39, 0.29) is 35.0 Å². The molecule has 0 aliphatic carbocycles. The molecule has 0 spiro atoms. The van der Waals surface area contributed by atoms with Gasteiger partial charge in [-0.3, -0.25) is 14.4 Å². The SMILES string of the molecule is Cn1nc2cc(C(=O)N3CCc4c(sc(NC(=O)Cc5ccc(Cl)cc5F)c4C(N)=O)C3)ccc2[nH+]1. The number of H-pyrrole nitrogens is 1. The van der Waals surface area contributed by atoms with Crippen molar-refractivity contribution in [1.82, 2.24) is 14.8 Å². The number of primary amides is 1. The second-order valence-corrected chi connectivity index (χ2v) is 10.0. The van der Waals surface area contributed by atoms with Gasteiger partial charge in [-0.15, -0.1) is 11.3 Å². The van der Waals surface area contributed by atoms with Gasteiger partial charge in [0.2, 0.25) is 11.4 Å². The fourth-order valence-corrected chi connectivity index (χ4v) is 5.76. The predicted octanol–water partition coefficient (Wildman–Crippen LogP) is 2.72. The van der Waals surface area contributed by atoms with Crippen LogP contribution in [-0.4, -0.2) is 39.1 Å². The molecule has 1 aliphatic heterocycles. The van der Waals surface area contributed by atoms with E-state index in [1.165, 1.54) is 23.5 Å². The van der Waals surface area contributed by atoms with Crippen molar-refractivity contribution in [2.24, 2.45) is 12.8 Å². The minimum absolute atomic E-state index is 0.161. The molecule has 9 nitrogen and oxygen atoms in total. The molecule has 0 unspecified atom stereocenters. The molecule has 4 aromatic rings. The third-order valence-corrected chi connectivity index (χ3v) is 7.36. The maximum Gasteiger partial charge on any atom is 0.254 e. The van der Waals surface area contributed by atoms with E-state index < -0.39 is 17.6 Å². The first-order chi connectivity index (χ1) is 17.2. The highest BCUT2D eigenvalue weighted by Gasteiger charge is 2.30. The molecule has 0 atom stereocenters. The lowest BCUT2D eigenvalue weighted by molar-refractivity contribution is -0.466. The van der Waals surface area contributed by atoms with Crippen molar-refractivity contribution in [3.05, 3.63) is 74.4 Å². The van der Waals surface area contributed by atoms with Crippen LogP contribution >= 0.6 is 22.9 Å². The number of carbonyl (C=O) groups is 3. The highest BCUT2D eigenvalue weighted by molar-refractivity contribution is 7.17. The molecule has 184 valence electrons. The highest BCUT2D eigenvalue weighted by Crippen LogP contribution is 2.37. The van der Waals surface area contributed by atoms with Crippen LogP contribution in [0.1, 0.15) is 36.7 Å². The van der Waals surface area contributed by atoms with Gasteiger partial charge >= 0.3 is 0 Å². The number of anilines is 1. The Hall–Kier alpha value is -3.83. The average Bonchev–Trinajstić information content (AvgIpc) is 3.38. The molecule has 0 saturated carbocycles. The number of carbonyl (C=O) groups excluding carboxylic acids is 3. The molecule has 2 aromatic carbocycles. The van der Waals surface area contributed by atoms with Crippen LogP contribution in [0.15, 0.2) is 36.4 Å². The molecular formula is C24H21ClFN6O3S+. The standard InChI is InChI=1S/C24H20ClFN6O3S/c1-31-29-17-5-3-13(8-18(17)30-31)24(35)32-7-6-15-19(11-32)36-23(21(15)22(27)34)28-20(33)9-12-2-4-14(25)10-16(12)26/h2-5,8,10H,6-7,9,11H2,1H3,(H2,27,34)(H,28,33)/p+1. The Morgan fingerprint density at radius 2 is 2.06 bits per heavy atom. The molecule has 2 aromatic heterocycles. The van der Waals surface area contributed by atoms with Crippen LogP contribution in [0.5, 0.6) is 0 Å². The van der Waals surface area contributed by atoms with Gasteiger partial charge in [-0.1, -0.05) is 22.5 Å². The summed E-state index contributed by atoms with van der Waals surface area (Å²) in [5.41, 5.74) is 8.77. The second kappa shape index (κ2) is 9.32. The molecule has 0 bridgehead atoms. The van der Waals surface area contributed by atoms with Crippen molar-refractivity contribution >= 4 is 56.7 Å². The van der Waals surface area contributed by atoms with Gasteiger partial charge in [0, 0.05) is 33.2 Å². The topological polar surface area (TPSA) is 124 Å². The normalized spacial score (nSPS) is 13.0. The van der Waals surface area contributed by atoms with Gasteiger partial charge in [0.25, 0.3) is 11.8 Å². The maximum absolute atomic E-state index is 14.1. The molecule has 3 heterocycles. The van der Waals surface area contributed by atoms with E-state index in [4.69, 9.17) is 17.3 Å². The number of rotatable bonds is 5. The number of thiophene rings is 1. The van der Waals surface area contributed by atoms with Crippen LogP contribution in [0.3, 0.4) is 0 Å². The van der Waals surface area contributed by atoms with E-state index in [0.717, 1.165) is 22.0 Å². The summed E-state index contributed by atoms with van der Waals surface area (Å²) in [6, 6.07) is 9.35. The minimum Gasteiger partial charge on any atom is -0.365 e. The maximum atomic E-state index is 14.1. The Bertz CT molecular complexity index is 1550. The number of hydrogen-bond acceptors (Lipinski definition) is 5. The zero-order valence-electron chi connectivity index (χ0n) is 19.1. The zero-order valence-corrected chi connectivity index (χ0v) is 20.7. The Morgan fingerprint density at radius 3 is 2.81 bits per heavy atom. The molecule has 5 rings (SSSR count). The van der Waals surface area contributed by atoms with Gasteiger partial charge in [-0.25, -0.2) is 4.39 Å². The van der Waals surface area contributed by atoms with Crippen molar-refractivity contribution in [3.63, 3.8) is 0 Å². The Kier molecular flexibility index (Phi) is 6.19. The van der Waals surface area contributed by atoms with Crippen LogP contribution in [-0.2, 0) is 31.2 Å². The number of halogens is 2. The van der Waals surface area contributed by atoms with Crippen LogP contribution in [0.4, 0.5) is 9.39 Å². The van der Waals surface area contributed by atoms with Gasteiger partial charge in [0.15, 0.2) is 5.52 Å². The number of amides is 3. The highest BCUT2D eigenvalue weighted by atomic mass is 35.5. The van der Waals surface area contributed by atoms with Crippen LogP contribution in [0.2, 0.25) is 5.02 Å². The number of fused-ring (bicyclic) bond motifs is 2. The second-order valence-electron chi connectivity index (χ2n) is 8.48. The molecule has 0 saturated heterocycles. The monoisotopic (exact) mass is 527 g/mol. The van der Waals surface area contributed by atoms with Gasteiger partial charge in [0.1, 0.15) is 10.8 Å². The lowest BCUT2D eigenvalue weighted by Crippen LogP contribution is -2.36. The van der Waals surface area contributed by atoms with E-state index in [1.54, 1.807) is 34.9 Å². The quantitative estimate of drug-likeness (QED) is 0.414. The van der Waals surface area contributed by atoms with Crippen molar-refractivity contribution in [2.45, 2.75) is 19.4 Å². The van der Waals surface area contributed by atoms with E-state index >= 15 is 0 Å². The number of benzene rings is 2. The smallest absolute Gasteiger partial charge is 0.254 e. The number of nitrogens with two attached hydrogens (primary N) is 1. The van der Waals surface area contributed by atoms with Gasteiger partial charge in [-0.05, 0) is 41.8 Å². The first-order valence-electron chi connectivity index (χ1n) is 11.0. The van der Waals surface area contributed by atoms with Crippen molar-refractivity contribution < 1.29 is 23.9 Å². The molecule has 0 radical (unpaired) electrons. The third-order valence-electron chi connectivity index (χ3n) is 5.99. The summed E-state index contributed by atoms with van der Waals surface area (Å²) in [5, 5.41) is 10.6. The zero-order chi connectivity index (χ0) is 25.6. The summed E-state index contributed by atoms with van der Waals surface area (Å²) in [7, 11) is 1.77. The molecular weight excluding hydrogens is 507 g/mol. The molecule has 4 N–H and O–H groups in total. The summed E-state index contributed by atoms with van der Waals surface area (Å²) in [5.74, 6) is -1.91. The lowest BCUT2D eigenvalue weighted by Gasteiger charge is -2.27. The largest absolute Gasteiger partial charge is 0.365 e. The summed E-state index contributed by atoms with van der Waals surface area (Å²) >= 11 is 6.97. The van der Waals surface area contributed by atoms with Gasteiger partial charge in [0.05, 0.1) is 25.6 Å². The molecule has 0 fully saturated rings. The number of aromatic nitrogens is 3. The van der Waals surface area contributed by atoms with E-state index in [0.29, 0.717) is 29.0 Å². The van der Waals surface area contributed by atoms with Crippen LogP contribution < -0.4 is 16.1 Å². The Balaban J connectivity index is 1.36. The molecule has 1 aliphatic rings. The van der Waals surface area contributed by atoms with E-state index in [2.05, 4.69) is 15.5 Å². The first kappa shape index (κ1) is 23.9. The Labute approximate surface area is 213 Å². The molecule has 36 heavy (non-hydrogen) atoms. The minimum atomic E-state index is -0.669. The van der Waals surface area contributed by atoms with Crippen molar-refractivity contribution in [3.8, 4) is 0 Å². The molecule has 3 amide bonds. The van der Waals surface area contributed by atoms with E-state index in [1.807, 2.05) is 0 Å². The summed E-state index contributed by atoms with van der Waals surface area (Å²) in [6.45, 7) is 0.659. The number of aromatic amines is 1. The van der Waals surface area contributed by atoms with Gasteiger partial charge < -0.3 is 16.0 Å². The fourth-order valence-electron chi connectivity index (χ4n) is 4.32. The number of nitrogens with zero attached hydrogens (tertiary/aromatic N) is 3. The summed E-state index contributed by atoms with van der Waals surface area (Å²) in [6.07, 6.45) is 0.180. The van der Waals surface area contributed by atoms with Crippen LogP contribution in [0, 0.1) is 5.82 Å². The predicted molar refractivity (Wildman–Crippen MR) is 132 cm³/mol. The summed E-state index contributed by atoms with van der Waals surface area (Å²) < 4.78 is 14.1. The number of hydrogen-bond donors (Lipinski definition) is 2.